The molecular weight excluding hydrogens is 314 g/mol. The second-order valence-corrected chi connectivity index (χ2v) is 10.5. The first kappa shape index (κ1) is 20.3. The summed E-state index contributed by atoms with van der Waals surface area (Å²) in [6, 6.07) is -0.0290. The third kappa shape index (κ3) is 4.20. The Morgan fingerprint density at radius 2 is 1.42 bits per heavy atom. The van der Waals surface area contributed by atoms with Crippen LogP contribution in [0.4, 0.5) is 0 Å². The van der Waals surface area contributed by atoms with Crippen LogP contribution in [0, 0.1) is 17.8 Å². The number of hydrogen-bond donors (Lipinski definition) is 1. The highest BCUT2D eigenvalue weighted by molar-refractivity contribution is 8.00. The molecule has 2 atom stereocenters. The summed E-state index contributed by atoms with van der Waals surface area (Å²) >= 11 is 1.79. The Bertz CT molecular complexity index is 422. The van der Waals surface area contributed by atoms with Crippen LogP contribution < -0.4 is 5.32 Å². The summed E-state index contributed by atoms with van der Waals surface area (Å²) in [7, 11) is 0. The molecule has 2 aliphatic rings. The largest absolute Gasteiger partial charge is 0.302 e. The molecule has 0 spiro atoms. The number of hydrogen-bond acceptors (Lipinski definition) is 3. The van der Waals surface area contributed by atoms with Gasteiger partial charge in [-0.3, -0.25) is 4.79 Å². The van der Waals surface area contributed by atoms with E-state index in [0.29, 0.717) is 23.5 Å². The van der Waals surface area contributed by atoms with E-state index in [4.69, 9.17) is 0 Å². The summed E-state index contributed by atoms with van der Waals surface area (Å²) in [5, 5.41) is 3.84. The topological polar surface area (TPSA) is 29.1 Å². The lowest BCUT2D eigenvalue weighted by molar-refractivity contribution is -0.126. The third-order valence-corrected chi connectivity index (χ3v) is 8.28. The van der Waals surface area contributed by atoms with Gasteiger partial charge in [-0.15, -0.1) is 0 Å². The van der Waals surface area contributed by atoms with Gasteiger partial charge in [-0.05, 0) is 70.5 Å². The van der Waals surface area contributed by atoms with Crippen molar-refractivity contribution in [3.8, 4) is 0 Å². The molecule has 3 heteroatoms. The lowest BCUT2D eigenvalue weighted by Crippen LogP contribution is -2.59. The molecule has 2 saturated carbocycles. The molecule has 0 saturated heterocycles. The molecule has 2 rings (SSSR count). The predicted molar refractivity (Wildman–Crippen MR) is 107 cm³/mol. The minimum absolute atomic E-state index is 0.0290. The molecule has 0 heterocycles. The quantitative estimate of drug-likeness (QED) is 0.629. The van der Waals surface area contributed by atoms with E-state index in [2.05, 4.69) is 46.2 Å². The molecule has 0 aromatic rings. The molecule has 24 heavy (non-hydrogen) atoms. The van der Waals surface area contributed by atoms with Gasteiger partial charge in [-0.2, -0.15) is 11.8 Å². The highest BCUT2D eigenvalue weighted by Gasteiger charge is 2.46. The summed E-state index contributed by atoms with van der Waals surface area (Å²) in [6.07, 6.45) is 12.5. The maximum absolute atomic E-state index is 13.6. The van der Waals surface area contributed by atoms with E-state index in [-0.39, 0.29) is 16.3 Å². The Morgan fingerprint density at radius 1 is 0.958 bits per heavy atom. The lowest BCUT2D eigenvalue weighted by atomic mass is 9.79. The number of ketones is 1. The van der Waals surface area contributed by atoms with Crippen LogP contribution in [0.5, 0.6) is 0 Å². The Hall–Kier alpha value is -0.0200. The average molecular weight is 354 g/mol. The van der Waals surface area contributed by atoms with E-state index in [0.717, 1.165) is 0 Å². The van der Waals surface area contributed by atoms with Crippen LogP contribution in [-0.4, -0.2) is 28.4 Å². The number of thioether (sulfide) groups is 1. The van der Waals surface area contributed by atoms with Crippen molar-refractivity contribution < 1.29 is 4.79 Å². The minimum atomic E-state index is -0.232. The molecule has 2 fully saturated rings. The average Bonchev–Trinajstić information content (AvgIpc) is 3.23. The Labute approximate surface area is 154 Å². The van der Waals surface area contributed by atoms with E-state index in [1.165, 1.54) is 51.4 Å². The fraction of sp³-hybridized carbons (Fsp3) is 0.952. The standard InChI is InChI=1S/C21H39NOS/c1-15(2)18(22-20(3,4)16-11-7-8-12-16)19(23)21(5,24-6)17-13-9-10-14-17/h15-18,22H,7-14H2,1-6H3. The molecule has 0 aromatic heterocycles. The van der Waals surface area contributed by atoms with Crippen molar-refractivity contribution in [2.45, 2.75) is 102 Å². The number of Topliss-reactive ketones (excluding diaryl/α,β-unsaturated/α-hetero) is 1. The maximum atomic E-state index is 13.6. The number of rotatable bonds is 8. The van der Waals surface area contributed by atoms with Gasteiger partial charge < -0.3 is 5.32 Å². The van der Waals surface area contributed by atoms with E-state index >= 15 is 0 Å². The third-order valence-electron chi connectivity index (χ3n) is 6.90. The Kier molecular flexibility index (Phi) is 6.86. The Morgan fingerprint density at radius 3 is 1.83 bits per heavy atom. The van der Waals surface area contributed by atoms with Gasteiger partial charge in [0.2, 0.25) is 0 Å². The second kappa shape index (κ2) is 8.12. The van der Waals surface area contributed by atoms with Gasteiger partial charge in [0.1, 0.15) is 0 Å². The van der Waals surface area contributed by atoms with Crippen molar-refractivity contribution >= 4 is 17.5 Å². The van der Waals surface area contributed by atoms with Crippen LogP contribution in [0.3, 0.4) is 0 Å². The van der Waals surface area contributed by atoms with E-state index in [1.54, 1.807) is 11.8 Å². The summed E-state index contributed by atoms with van der Waals surface area (Å²) < 4.78 is -0.232. The van der Waals surface area contributed by atoms with Crippen LogP contribution in [0.15, 0.2) is 0 Å². The molecule has 0 aliphatic heterocycles. The maximum Gasteiger partial charge on any atom is 0.165 e. The van der Waals surface area contributed by atoms with Crippen LogP contribution in [0.25, 0.3) is 0 Å². The summed E-state index contributed by atoms with van der Waals surface area (Å²) in [6.45, 7) is 11.3. The van der Waals surface area contributed by atoms with Gasteiger partial charge >= 0.3 is 0 Å². The highest BCUT2D eigenvalue weighted by atomic mass is 32.2. The molecule has 2 nitrogen and oxygen atoms in total. The van der Waals surface area contributed by atoms with E-state index < -0.39 is 0 Å². The number of carbonyl (C=O) groups excluding carboxylic acids is 1. The van der Waals surface area contributed by atoms with Crippen molar-refractivity contribution in [3.63, 3.8) is 0 Å². The van der Waals surface area contributed by atoms with Crippen LogP contribution in [-0.2, 0) is 4.79 Å². The van der Waals surface area contributed by atoms with Gasteiger partial charge in [0.25, 0.3) is 0 Å². The summed E-state index contributed by atoms with van der Waals surface area (Å²) in [4.78, 5) is 13.6. The predicted octanol–water partition coefficient (Wildman–Crippen LogP) is 5.45. The fourth-order valence-electron chi connectivity index (χ4n) is 4.95. The van der Waals surface area contributed by atoms with Crippen molar-refractivity contribution in [2.75, 3.05) is 6.26 Å². The molecule has 1 N–H and O–H groups in total. The van der Waals surface area contributed by atoms with Gasteiger partial charge in [0.05, 0.1) is 10.8 Å². The minimum Gasteiger partial charge on any atom is -0.302 e. The molecule has 0 aromatic carbocycles. The zero-order chi connectivity index (χ0) is 18.0. The fourth-order valence-corrected chi connectivity index (χ4v) is 5.85. The smallest absolute Gasteiger partial charge is 0.165 e. The van der Waals surface area contributed by atoms with Crippen molar-refractivity contribution in [2.24, 2.45) is 17.8 Å². The highest BCUT2D eigenvalue weighted by Crippen LogP contribution is 2.43. The van der Waals surface area contributed by atoms with Crippen molar-refractivity contribution in [3.05, 3.63) is 0 Å². The summed E-state index contributed by atoms with van der Waals surface area (Å²) in [5.74, 6) is 2.05. The molecule has 0 amide bonds. The zero-order valence-corrected chi connectivity index (χ0v) is 17.6. The molecule has 2 unspecified atom stereocenters. The first-order valence-electron chi connectivity index (χ1n) is 10.1. The van der Waals surface area contributed by atoms with Crippen LogP contribution in [0.2, 0.25) is 0 Å². The second-order valence-electron chi connectivity index (χ2n) is 9.23. The van der Waals surface area contributed by atoms with E-state index in [9.17, 15) is 4.79 Å². The Balaban J connectivity index is 2.17. The molecular formula is C21H39NOS. The number of nitrogens with one attached hydrogen (secondary N) is 1. The van der Waals surface area contributed by atoms with Gasteiger partial charge in [0.15, 0.2) is 5.78 Å². The number of carbonyl (C=O) groups is 1. The first-order valence-corrected chi connectivity index (χ1v) is 11.3. The molecule has 0 bridgehead atoms. The monoisotopic (exact) mass is 353 g/mol. The van der Waals surface area contributed by atoms with Crippen LogP contribution >= 0.6 is 11.8 Å². The zero-order valence-electron chi connectivity index (χ0n) is 16.8. The van der Waals surface area contributed by atoms with Crippen molar-refractivity contribution in [1.29, 1.82) is 0 Å². The van der Waals surface area contributed by atoms with Crippen molar-refractivity contribution in [1.82, 2.24) is 5.32 Å². The normalized spacial score (nSPS) is 24.5. The van der Waals surface area contributed by atoms with Gasteiger partial charge in [-0.1, -0.05) is 39.5 Å². The SMILES string of the molecule is CSC(C)(C(=O)C(NC(C)(C)C1CCCC1)C(C)C)C1CCCC1. The molecule has 2 aliphatic carbocycles. The molecule has 0 radical (unpaired) electrons. The summed E-state index contributed by atoms with van der Waals surface area (Å²) in [5.41, 5.74) is 0.0517. The first-order chi connectivity index (χ1) is 11.2. The van der Waals surface area contributed by atoms with Gasteiger partial charge in [-0.25, -0.2) is 0 Å². The molecule has 140 valence electrons. The van der Waals surface area contributed by atoms with Gasteiger partial charge in [0, 0.05) is 5.54 Å². The lowest BCUT2D eigenvalue weighted by Gasteiger charge is -2.42. The van der Waals surface area contributed by atoms with Crippen LogP contribution in [0.1, 0.15) is 86.0 Å². The van der Waals surface area contributed by atoms with E-state index in [1.807, 2.05) is 0 Å².